The van der Waals surface area contributed by atoms with E-state index in [4.69, 9.17) is 5.73 Å². The van der Waals surface area contributed by atoms with Crippen LogP contribution in [0.4, 0.5) is 5.69 Å². The number of hydrogen-bond donors (Lipinski definition) is 2. The zero-order chi connectivity index (χ0) is 13.2. The van der Waals surface area contributed by atoms with Gasteiger partial charge in [-0.05, 0) is 38.1 Å². The first-order valence-corrected chi connectivity index (χ1v) is 5.44. The van der Waals surface area contributed by atoms with Crippen molar-refractivity contribution >= 4 is 24.0 Å². The summed E-state index contributed by atoms with van der Waals surface area (Å²) in [7, 11) is 0. The van der Waals surface area contributed by atoms with Crippen LogP contribution in [-0.4, -0.2) is 21.6 Å². The van der Waals surface area contributed by atoms with Crippen LogP contribution < -0.4 is 11.1 Å². The fourth-order valence-corrected chi connectivity index (χ4v) is 1.29. The predicted octanol–water partition coefficient (Wildman–Crippen LogP) is 1.83. The molecule has 0 aliphatic rings. The van der Waals surface area contributed by atoms with Crippen molar-refractivity contribution in [2.75, 3.05) is 5.32 Å². The number of amides is 1. The van der Waals surface area contributed by atoms with E-state index in [0.29, 0.717) is 11.5 Å². The molecule has 1 heterocycles. The highest BCUT2D eigenvalue weighted by atomic mass is 35.5. The van der Waals surface area contributed by atoms with Gasteiger partial charge in [0.2, 0.25) is 18.1 Å². The summed E-state index contributed by atoms with van der Waals surface area (Å²) in [6, 6.07) is 7.11. The second-order valence-electron chi connectivity index (χ2n) is 4.51. The lowest BCUT2D eigenvalue weighted by Crippen LogP contribution is -2.45. The molecule has 2 aromatic rings. The average molecular weight is 283 g/mol. The number of carbonyl (C=O) groups is 1. The largest absolute Gasteiger partial charge is 0.342 e. The van der Waals surface area contributed by atoms with Gasteiger partial charge >= 0.3 is 0 Å². The molecule has 102 valence electrons. The number of benzene rings is 1. The number of nitrogens with one attached hydrogen (secondary N) is 1. The molecule has 6 nitrogen and oxygen atoms in total. The highest BCUT2D eigenvalue weighted by Crippen LogP contribution is 2.18. The van der Waals surface area contributed by atoms with E-state index in [1.165, 1.54) is 6.39 Å². The Morgan fingerprint density at radius 2 is 1.95 bits per heavy atom. The second kappa shape index (κ2) is 5.81. The van der Waals surface area contributed by atoms with Gasteiger partial charge in [-0.1, -0.05) is 5.16 Å². The third-order valence-corrected chi connectivity index (χ3v) is 2.35. The summed E-state index contributed by atoms with van der Waals surface area (Å²) in [5.74, 6) is 0.266. The monoisotopic (exact) mass is 282 g/mol. The number of rotatable bonds is 3. The molecular formula is C12H15ClN4O2. The Labute approximate surface area is 116 Å². The fourth-order valence-electron chi connectivity index (χ4n) is 1.29. The minimum Gasteiger partial charge on any atom is -0.342 e. The zero-order valence-electron chi connectivity index (χ0n) is 10.6. The van der Waals surface area contributed by atoms with Gasteiger partial charge in [0, 0.05) is 11.3 Å². The molecule has 0 aliphatic heterocycles. The van der Waals surface area contributed by atoms with Crippen molar-refractivity contribution in [1.29, 1.82) is 0 Å². The maximum Gasteiger partial charge on any atom is 0.243 e. The van der Waals surface area contributed by atoms with Crippen LogP contribution in [0.1, 0.15) is 13.8 Å². The standard InChI is InChI=1S/C12H14N4O2.ClH/c1-12(2,13)11(17)15-9-5-3-8(4-6-9)10-14-7-18-16-10;/h3-7H,13H2,1-2H3,(H,15,17);1H. The number of halogens is 1. The van der Waals surface area contributed by atoms with Crippen molar-refractivity contribution in [2.24, 2.45) is 5.73 Å². The number of aromatic nitrogens is 2. The number of nitrogens with zero attached hydrogens (tertiary/aromatic N) is 2. The third kappa shape index (κ3) is 3.77. The average Bonchev–Trinajstić information content (AvgIpc) is 2.82. The molecule has 3 N–H and O–H groups in total. The van der Waals surface area contributed by atoms with Crippen LogP contribution in [0.3, 0.4) is 0 Å². The Balaban J connectivity index is 0.00000180. The summed E-state index contributed by atoms with van der Waals surface area (Å²) in [4.78, 5) is 15.6. The molecule has 19 heavy (non-hydrogen) atoms. The van der Waals surface area contributed by atoms with E-state index in [2.05, 4.69) is 20.0 Å². The summed E-state index contributed by atoms with van der Waals surface area (Å²) in [5, 5.41) is 6.45. The Kier molecular flexibility index (Phi) is 4.63. The first-order valence-electron chi connectivity index (χ1n) is 5.44. The molecule has 0 unspecified atom stereocenters. The number of carbonyl (C=O) groups excluding carboxylic acids is 1. The van der Waals surface area contributed by atoms with Gasteiger partial charge in [-0.15, -0.1) is 12.4 Å². The van der Waals surface area contributed by atoms with Crippen molar-refractivity contribution in [1.82, 2.24) is 10.1 Å². The van der Waals surface area contributed by atoms with Crippen molar-refractivity contribution in [3.05, 3.63) is 30.7 Å². The quantitative estimate of drug-likeness (QED) is 0.896. The molecule has 0 radical (unpaired) electrons. The van der Waals surface area contributed by atoms with Crippen LogP contribution in [0.15, 0.2) is 35.2 Å². The second-order valence-corrected chi connectivity index (χ2v) is 4.51. The molecule has 0 saturated carbocycles. The Bertz CT molecular complexity index is 532. The smallest absolute Gasteiger partial charge is 0.243 e. The maximum absolute atomic E-state index is 11.7. The highest BCUT2D eigenvalue weighted by molar-refractivity contribution is 5.97. The van der Waals surface area contributed by atoms with E-state index in [-0.39, 0.29) is 18.3 Å². The van der Waals surface area contributed by atoms with Crippen LogP contribution in [0.5, 0.6) is 0 Å². The van der Waals surface area contributed by atoms with Crippen LogP contribution in [0.25, 0.3) is 11.4 Å². The van der Waals surface area contributed by atoms with E-state index in [1.54, 1.807) is 38.1 Å². The molecule has 0 saturated heterocycles. The lowest BCUT2D eigenvalue weighted by Gasteiger charge is -2.17. The molecule has 0 aliphatic carbocycles. The first kappa shape index (κ1) is 15.1. The van der Waals surface area contributed by atoms with Gasteiger partial charge < -0.3 is 15.6 Å². The van der Waals surface area contributed by atoms with Gasteiger partial charge in [0.1, 0.15) is 0 Å². The van der Waals surface area contributed by atoms with Crippen molar-refractivity contribution in [2.45, 2.75) is 19.4 Å². The highest BCUT2D eigenvalue weighted by Gasteiger charge is 2.21. The molecule has 0 bridgehead atoms. The van der Waals surface area contributed by atoms with Crippen LogP contribution in [0.2, 0.25) is 0 Å². The molecule has 1 amide bonds. The summed E-state index contributed by atoms with van der Waals surface area (Å²) in [6.45, 7) is 3.30. The maximum atomic E-state index is 11.7. The Morgan fingerprint density at radius 1 is 1.32 bits per heavy atom. The van der Waals surface area contributed by atoms with E-state index < -0.39 is 5.54 Å². The number of nitrogens with two attached hydrogens (primary N) is 1. The van der Waals surface area contributed by atoms with Crippen molar-refractivity contribution in [3.8, 4) is 11.4 Å². The van der Waals surface area contributed by atoms with E-state index in [1.807, 2.05) is 0 Å². The van der Waals surface area contributed by atoms with Crippen LogP contribution in [-0.2, 0) is 4.79 Å². The Morgan fingerprint density at radius 3 is 2.42 bits per heavy atom. The molecule has 1 aromatic heterocycles. The van der Waals surface area contributed by atoms with Crippen LogP contribution >= 0.6 is 12.4 Å². The predicted molar refractivity (Wildman–Crippen MR) is 73.9 cm³/mol. The van der Waals surface area contributed by atoms with Gasteiger partial charge in [-0.25, -0.2) is 0 Å². The molecule has 0 atom stereocenters. The third-order valence-electron chi connectivity index (χ3n) is 2.35. The van der Waals surface area contributed by atoms with E-state index in [0.717, 1.165) is 5.56 Å². The zero-order valence-corrected chi connectivity index (χ0v) is 11.4. The normalized spacial score (nSPS) is 10.7. The van der Waals surface area contributed by atoms with Gasteiger partial charge in [0.25, 0.3) is 0 Å². The van der Waals surface area contributed by atoms with Gasteiger partial charge in [0.05, 0.1) is 5.54 Å². The summed E-state index contributed by atoms with van der Waals surface area (Å²) < 4.78 is 4.66. The van der Waals surface area contributed by atoms with Gasteiger partial charge in [-0.3, -0.25) is 4.79 Å². The van der Waals surface area contributed by atoms with Crippen molar-refractivity contribution in [3.63, 3.8) is 0 Å². The number of anilines is 1. The first-order chi connectivity index (χ1) is 8.47. The van der Waals surface area contributed by atoms with E-state index >= 15 is 0 Å². The summed E-state index contributed by atoms with van der Waals surface area (Å²) >= 11 is 0. The molecule has 7 heteroatoms. The van der Waals surface area contributed by atoms with Crippen LogP contribution in [0, 0.1) is 0 Å². The Hall–Kier alpha value is -1.92. The lowest BCUT2D eigenvalue weighted by atomic mass is 10.1. The fraction of sp³-hybridized carbons (Fsp3) is 0.250. The molecule has 2 rings (SSSR count). The lowest BCUT2D eigenvalue weighted by molar-refractivity contribution is -0.120. The summed E-state index contributed by atoms with van der Waals surface area (Å²) in [5.41, 5.74) is 6.26. The minimum absolute atomic E-state index is 0. The summed E-state index contributed by atoms with van der Waals surface area (Å²) in [6.07, 6.45) is 1.27. The molecule has 1 aromatic carbocycles. The van der Waals surface area contributed by atoms with Crippen molar-refractivity contribution < 1.29 is 9.32 Å². The molecular weight excluding hydrogens is 268 g/mol. The number of hydrogen-bond acceptors (Lipinski definition) is 5. The van der Waals surface area contributed by atoms with E-state index in [9.17, 15) is 4.79 Å². The topological polar surface area (TPSA) is 94.0 Å². The minimum atomic E-state index is -0.910. The van der Waals surface area contributed by atoms with Gasteiger partial charge in [-0.2, -0.15) is 4.98 Å². The molecule has 0 fully saturated rings. The SMILES string of the molecule is CC(C)(N)C(=O)Nc1ccc(-c2ncon2)cc1.Cl. The van der Waals surface area contributed by atoms with Gasteiger partial charge in [0.15, 0.2) is 0 Å². The molecule has 0 spiro atoms.